The van der Waals surface area contributed by atoms with Crippen LogP contribution in [0.4, 0.5) is 11.4 Å². The van der Waals surface area contributed by atoms with Gasteiger partial charge in [-0.25, -0.2) is 4.98 Å². The molecule has 0 spiro atoms. The van der Waals surface area contributed by atoms with Crippen LogP contribution in [0, 0.1) is 0 Å². The Balaban J connectivity index is 1.87. The van der Waals surface area contributed by atoms with Gasteiger partial charge < -0.3 is 15.5 Å². The smallest absolute Gasteiger partial charge is 0.227 e. The first-order chi connectivity index (χ1) is 10.3. The van der Waals surface area contributed by atoms with E-state index < -0.39 is 0 Å². The third kappa shape index (κ3) is 2.84. The molecule has 3 N–H and O–H groups in total. The second kappa shape index (κ2) is 5.87. The summed E-state index contributed by atoms with van der Waals surface area (Å²) in [5.74, 6) is 0.600. The van der Waals surface area contributed by atoms with E-state index in [0.29, 0.717) is 11.6 Å². The van der Waals surface area contributed by atoms with Gasteiger partial charge in [-0.3, -0.25) is 0 Å². The lowest BCUT2D eigenvalue weighted by Gasteiger charge is -2.09. The SMILES string of the molecule is CCCCNc1ccc(-c2nc3ccccc3o2)cc1N. The van der Waals surface area contributed by atoms with Crippen LogP contribution in [0.2, 0.25) is 0 Å². The number of benzene rings is 2. The minimum absolute atomic E-state index is 0.600. The maximum atomic E-state index is 6.10. The summed E-state index contributed by atoms with van der Waals surface area (Å²) in [5, 5.41) is 3.34. The van der Waals surface area contributed by atoms with Gasteiger partial charge in [0.1, 0.15) is 5.52 Å². The zero-order valence-electron chi connectivity index (χ0n) is 12.1. The zero-order chi connectivity index (χ0) is 14.7. The molecule has 0 saturated heterocycles. The summed E-state index contributed by atoms with van der Waals surface area (Å²) < 4.78 is 5.76. The molecule has 2 aromatic carbocycles. The standard InChI is InChI=1S/C17H19N3O/c1-2-3-10-19-14-9-8-12(11-13(14)18)17-20-15-6-4-5-7-16(15)21-17/h4-9,11,19H,2-3,10,18H2,1H3. The van der Waals surface area contributed by atoms with Crippen LogP contribution >= 0.6 is 0 Å². The lowest BCUT2D eigenvalue weighted by molar-refractivity contribution is 0.620. The molecule has 21 heavy (non-hydrogen) atoms. The van der Waals surface area contributed by atoms with Crippen LogP contribution in [0.3, 0.4) is 0 Å². The number of unbranched alkanes of at least 4 members (excludes halogenated alkanes) is 1. The molecular formula is C17H19N3O. The second-order valence-electron chi connectivity index (χ2n) is 5.07. The zero-order valence-corrected chi connectivity index (χ0v) is 12.1. The van der Waals surface area contributed by atoms with Gasteiger partial charge in [0, 0.05) is 12.1 Å². The lowest BCUT2D eigenvalue weighted by Crippen LogP contribution is -2.03. The quantitative estimate of drug-likeness (QED) is 0.541. The molecule has 3 aromatic rings. The number of rotatable bonds is 5. The molecule has 0 atom stereocenters. The van der Waals surface area contributed by atoms with Gasteiger partial charge in [-0.15, -0.1) is 0 Å². The summed E-state index contributed by atoms with van der Waals surface area (Å²) in [7, 11) is 0. The second-order valence-corrected chi connectivity index (χ2v) is 5.07. The molecule has 0 fully saturated rings. The molecule has 4 nitrogen and oxygen atoms in total. The Kier molecular flexibility index (Phi) is 3.77. The minimum atomic E-state index is 0.600. The Hall–Kier alpha value is -2.49. The highest BCUT2D eigenvalue weighted by atomic mass is 16.3. The molecule has 0 radical (unpaired) electrons. The van der Waals surface area contributed by atoms with Crippen molar-refractivity contribution in [1.29, 1.82) is 0 Å². The fourth-order valence-electron chi connectivity index (χ4n) is 2.25. The number of anilines is 2. The number of hydrogen-bond donors (Lipinski definition) is 2. The molecule has 0 aliphatic carbocycles. The molecule has 0 aliphatic heterocycles. The van der Waals surface area contributed by atoms with Crippen molar-refractivity contribution in [2.75, 3.05) is 17.6 Å². The average molecular weight is 281 g/mol. The van der Waals surface area contributed by atoms with Gasteiger partial charge in [-0.05, 0) is 36.8 Å². The van der Waals surface area contributed by atoms with Gasteiger partial charge in [0.2, 0.25) is 5.89 Å². The molecule has 0 aliphatic rings. The monoisotopic (exact) mass is 281 g/mol. The molecule has 108 valence electrons. The van der Waals surface area contributed by atoms with Crippen LogP contribution < -0.4 is 11.1 Å². The van der Waals surface area contributed by atoms with Crippen molar-refractivity contribution < 1.29 is 4.42 Å². The highest BCUT2D eigenvalue weighted by Crippen LogP contribution is 2.28. The van der Waals surface area contributed by atoms with Crippen LogP contribution in [-0.4, -0.2) is 11.5 Å². The maximum Gasteiger partial charge on any atom is 0.227 e. The van der Waals surface area contributed by atoms with E-state index in [4.69, 9.17) is 10.2 Å². The van der Waals surface area contributed by atoms with Crippen LogP contribution in [-0.2, 0) is 0 Å². The van der Waals surface area contributed by atoms with Crippen molar-refractivity contribution in [3.05, 3.63) is 42.5 Å². The number of nitrogens with one attached hydrogen (secondary N) is 1. The number of para-hydroxylation sites is 2. The third-order valence-corrected chi connectivity index (χ3v) is 3.44. The Morgan fingerprint density at radius 2 is 2.05 bits per heavy atom. The fourth-order valence-corrected chi connectivity index (χ4v) is 2.25. The summed E-state index contributed by atoms with van der Waals surface area (Å²) in [6, 6.07) is 13.6. The summed E-state index contributed by atoms with van der Waals surface area (Å²) in [5.41, 5.74) is 10.3. The Bertz CT molecular complexity index is 716. The van der Waals surface area contributed by atoms with Crippen molar-refractivity contribution in [3.63, 3.8) is 0 Å². The number of aromatic nitrogens is 1. The summed E-state index contributed by atoms with van der Waals surface area (Å²) in [4.78, 5) is 4.49. The van der Waals surface area contributed by atoms with E-state index in [0.717, 1.165) is 41.7 Å². The van der Waals surface area contributed by atoms with Crippen molar-refractivity contribution in [1.82, 2.24) is 4.98 Å². The van der Waals surface area contributed by atoms with Crippen molar-refractivity contribution in [3.8, 4) is 11.5 Å². The predicted molar refractivity (Wildman–Crippen MR) is 87.3 cm³/mol. The largest absolute Gasteiger partial charge is 0.436 e. The number of fused-ring (bicyclic) bond motifs is 1. The van der Waals surface area contributed by atoms with E-state index >= 15 is 0 Å². The number of oxazole rings is 1. The lowest BCUT2D eigenvalue weighted by atomic mass is 10.1. The van der Waals surface area contributed by atoms with E-state index in [-0.39, 0.29) is 0 Å². The van der Waals surface area contributed by atoms with Crippen LogP contribution in [0.5, 0.6) is 0 Å². The maximum absolute atomic E-state index is 6.10. The van der Waals surface area contributed by atoms with Crippen LogP contribution in [0.15, 0.2) is 46.9 Å². The minimum Gasteiger partial charge on any atom is -0.436 e. The van der Waals surface area contributed by atoms with Crippen LogP contribution in [0.25, 0.3) is 22.6 Å². The van der Waals surface area contributed by atoms with Gasteiger partial charge >= 0.3 is 0 Å². The highest BCUT2D eigenvalue weighted by Gasteiger charge is 2.09. The van der Waals surface area contributed by atoms with E-state index in [1.54, 1.807) is 0 Å². The van der Waals surface area contributed by atoms with E-state index in [2.05, 4.69) is 17.2 Å². The average Bonchev–Trinajstić information content (AvgIpc) is 2.93. The highest BCUT2D eigenvalue weighted by molar-refractivity contribution is 5.78. The topological polar surface area (TPSA) is 64.1 Å². The third-order valence-electron chi connectivity index (χ3n) is 3.44. The van der Waals surface area contributed by atoms with Gasteiger partial charge in [-0.1, -0.05) is 25.5 Å². The normalized spacial score (nSPS) is 10.9. The molecule has 0 bridgehead atoms. The molecule has 0 amide bonds. The summed E-state index contributed by atoms with van der Waals surface area (Å²) in [6.45, 7) is 3.10. The molecular weight excluding hydrogens is 262 g/mol. The molecule has 0 saturated carbocycles. The molecule has 0 unspecified atom stereocenters. The van der Waals surface area contributed by atoms with Crippen LogP contribution in [0.1, 0.15) is 19.8 Å². The number of nitrogen functional groups attached to an aromatic ring is 1. The molecule has 1 heterocycles. The fraction of sp³-hybridized carbons (Fsp3) is 0.235. The summed E-state index contributed by atoms with van der Waals surface area (Å²) in [6.07, 6.45) is 2.29. The Labute approximate surface area is 124 Å². The first kappa shape index (κ1) is 13.5. The first-order valence-corrected chi connectivity index (χ1v) is 7.27. The summed E-state index contributed by atoms with van der Waals surface area (Å²) >= 11 is 0. The van der Waals surface area contributed by atoms with Crippen molar-refractivity contribution >= 4 is 22.5 Å². The first-order valence-electron chi connectivity index (χ1n) is 7.27. The van der Waals surface area contributed by atoms with Gasteiger partial charge in [0.05, 0.1) is 11.4 Å². The Morgan fingerprint density at radius 3 is 2.81 bits per heavy atom. The number of nitrogens with zero attached hydrogens (tertiary/aromatic N) is 1. The predicted octanol–water partition coefficient (Wildman–Crippen LogP) is 4.29. The van der Waals surface area contributed by atoms with E-state index in [1.807, 2.05) is 42.5 Å². The van der Waals surface area contributed by atoms with E-state index in [9.17, 15) is 0 Å². The molecule has 1 aromatic heterocycles. The molecule has 3 rings (SSSR count). The van der Waals surface area contributed by atoms with Gasteiger partial charge in [-0.2, -0.15) is 0 Å². The Morgan fingerprint density at radius 1 is 1.19 bits per heavy atom. The number of hydrogen-bond acceptors (Lipinski definition) is 4. The number of nitrogens with two attached hydrogens (primary N) is 1. The van der Waals surface area contributed by atoms with E-state index in [1.165, 1.54) is 0 Å². The van der Waals surface area contributed by atoms with Gasteiger partial charge in [0.15, 0.2) is 5.58 Å². The van der Waals surface area contributed by atoms with Crippen molar-refractivity contribution in [2.24, 2.45) is 0 Å². The van der Waals surface area contributed by atoms with Crippen molar-refractivity contribution in [2.45, 2.75) is 19.8 Å². The molecule has 4 heteroatoms. The van der Waals surface area contributed by atoms with Gasteiger partial charge in [0.25, 0.3) is 0 Å².